The van der Waals surface area contributed by atoms with Crippen LogP contribution in [0.15, 0.2) is 36.5 Å². The van der Waals surface area contributed by atoms with E-state index in [4.69, 9.17) is 16.7 Å². The highest BCUT2D eigenvalue weighted by Gasteiger charge is 2.20. The van der Waals surface area contributed by atoms with Crippen LogP contribution in [-0.4, -0.2) is 26.4 Å². The number of nitrogens with zero attached hydrogens (tertiary/aromatic N) is 2. The molecule has 1 amide bonds. The largest absolute Gasteiger partial charge is 0.478 e. The first kappa shape index (κ1) is 17.0. The Morgan fingerprint density at radius 1 is 1.32 bits per heavy atom. The van der Waals surface area contributed by atoms with Crippen LogP contribution in [0.25, 0.3) is 5.65 Å². The highest BCUT2D eigenvalue weighted by Crippen LogP contribution is 2.22. The second-order valence-corrected chi connectivity index (χ2v) is 6.01. The van der Waals surface area contributed by atoms with Crippen LogP contribution >= 0.6 is 11.6 Å². The van der Waals surface area contributed by atoms with Crippen LogP contribution in [-0.2, 0) is 6.42 Å². The molecule has 0 unspecified atom stereocenters. The zero-order valence-corrected chi connectivity index (χ0v) is 14.5. The van der Waals surface area contributed by atoms with Crippen molar-refractivity contribution in [2.75, 3.05) is 5.32 Å². The van der Waals surface area contributed by atoms with Gasteiger partial charge >= 0.3 is 5.97 Å². The molecule has 0 aliphatic rings. The number of hydrogen-bond acceptors (Lipinski definition) is 3. The van der Waals surface area contributed by atoms with Crippen LogP contribution in [0, 0.1) is 6.92 Å². The van der Waals surface area contributed by atoms with Crippen molar-refractivity contribution < 1.29 is 14.7 Å². The summed E-state index contributed by atoms with van der Waals surface area (Å²) < 4.78 is 1.75. The van der Waals surface area contributed by atoms with Gasteiger partial charge in [0.2, 0.25) is 0 Å². The van der Waals surface area contributed by atoms with E-state index in [0.29, 0.717) is 23.5 Å². The summed E-state index contributed by atoms with van der Waals surface area (Å²) in [6, 6.07) is 8.13. The fourth-order valence-corrected chi connectivity index (χ4v) is 2.89. The van der Waals surface area contributed by atoms with Crippen molar-refractivity contribution in [3.8, 4) is 0 Å². The number of pyridine rings is 1. The maximum absolute atomic E-state index is 12.8. The third-order valence-corrected chi connectivity index (χ3v) is 4.25. The van der Waals surface area contributed by atoms with Crippen molar-refractivity contribution >= 4 is 34.8 Å². The molecule has 0 spiro atoms. The molecule has 0 radical (unpaired) electrons. The summed E-state index contributed by atoms with van der Waals surface area (Å²) in [4.78, 5) is 28.5. The summed E-state index contributed by atoms with van der Waals surface area (Å²) in [5.74, 6) is -1.51. The number of aryl methyl sites for hydroxylation is 2. The summed E-state index contributed by atoms with van der Waals surface area (Å²) in [6.45, 7) is 3.86. The van der Waals surface area contributed by atoms with Crippen molar-refractivity contribution in [3.05, 3.63) is 64.1 Å². The second-order valence-electron chi connectivity index (χ2n) is 5.60. The number of carboxylic acid groups (broad SMARTS) is 1. The molecule has 3 aromatic rings. The van der Waals surface area contributed by atoms with Gasteiger partial charge in [-0.1, -0.05) is 24.6 Å². The minimum Gasteiger partial charge on any atom is -0.478 e. The molecule has 3 rings (SSSR count). The van der Waals surface area contributed by atoms with Gasteiger partial charge in [0.1, 0.15) is 11.3 Å². The fraction of sp³-hybridized carbons (Fsp3) is 0.167. The first-order valence-electron chi connectivity index (χ1n) is 7.73. The molecule has 0 saturated heterocycles. The minimum atomic E-state index is -1.15. The lowest BCUT2D eigenvalue weighted by Crippen LogP contribution is -2.16. The Labute approximate surface area is 149 Å². The lowest BCUT2D eigenvalue weighted by molar-refractivity contribution is 0.0696. The van der Waals surface area contributed by atoms with Crippen LogP contribution in [0.3, 0.4) is 0 Å². The lowest BCUT2D eigenvalue weighted by atomic mass is 10.2. The van der Waals surface area contributed by atoms with Gasteiger partial charge in [-0.15, -0.1) is 0 Å². The number of nitrogens with one attached hydrogen (secondary N) is 1. The van der Waals surface area contributed by atoms with Gasteiger partial charge in [0, 0.05) is 11.9 Å². The van der Waals surface area contributed by atoms with Crippen molar-refractivity contribution in [1.82, 2.24) is 9.38 Å². The van der Waals surface area contributed by atoms with Gasteiger partial charge in [0.25, 0.3) is 5.91 Å². The summed E-state index contributed by atoms with van der Waals surface area (Å²) in [7, 11) is 0. The Hall–Kier alpha value is -2.86. The van der Waals surface area contributed by atoms with Crippen LogP contribution in [0.1, 0.15) is 39.0 Å². The van der Waals surface area contributed by atoms with Gasteiger partial charge in [0.05, 0.1) is 16.3 Å². The number of carbonyl (C=O) groups excluding carboxylic acids is 1. The van der Waals surface area contributed by atoms with E-state index in [1.807, 2.05) is 26.0 Å². The SMILES string of the molecule is CCc1nc2c(C)cccn2c1C(=O)Nc1ccc(Cl)c(C(=O)O)c1. The minimum absolute atomic E-state index is 0.0656. The van der Waals surface area contributed by atoms with Gasteiger partial charge in [-0.3, -0.25) is 9.20 Å². The summed E-state index contributed by atoms with van der Waals surface area (Å²) in [5.41, 5.74) is 3.11. The molecule has 2 heterocycles. The van der Waals surface area contributed by atoms with E-state index in [-0.39, 0.29) is 16.5 Å². The zero-order valence-electron chi connectivity index (χ0n) is 13.7. The number of carbonyl (C=O) groups is 2. The molecule has 2 N–H and O–H groups in total. The molecule has 0 atom stereocenters. The molecule has 0 aliphatic heterocycles. The second kappa shape index (κ2) is 6.57. The highest BCUT2D eigenvalue weighted by atomic mass is 35.5. The molecule has 1 aromatic carbocycles. The third kappa shape index (κ3) is 3.08. The van der Waals surface area contributed by atoms with Crippen molar-refractivity contribution in [1.29, 1.82) is 0 Å². The molecule has 2 aromatic heterocycles. The number of amides is 1. The average Bonchev–Trinajstić information content (AvgIpc) is 2.96. The van der Waals surface area contributed by atoms with E-state index in [1.54, 1.807) is 16.7 Å². The van der Waals surface area contributed by atoms with E-state index in [2.05, 4.69) is 10.3 Å². The molecular weight excluding hydrogens is 342 g/mol. The normalized spacial score (nSPS) is 10.8. The number of imidazole rings is 1. The molecule has 0 fully saturated rings. The topological polar surface area (TPSA) is 83.7 Å². The number of carboxylic acids is 1. The van der Waals surface area contributed by atoms with Crippen LogP contribution in [0.5, 0.6) is 0 Å². The predicted molar refractivity (Wildman–Crippen MR) is 95.7 cm³/mol. The number of aromatic carboxylic acids is 1. The smallest absolute Gasteiger partial charge is 0.337 e. The van der Waals surface area contributed by atoms with E-state index in [1.165, 1.54) is 12.1 Å². The number of hydrogen-bond donors (Lipinski definition) is 2. The first-order valence-corrected chi connectivity index (χ1v) is 8.11. The number of halogens is 1. The van der Waals surface area contributed by atoms with E-state index < -0.39 is 5.97 Å². The molecule has 0 saturated carbocycles. The van der Waals surface area contributed by atoms with Gasteiger partial charge in [-0.25, -0.2) is 9.78 Å². The maximum Gasteiger partial charge on any atom is 0.337 e. The first-order chi connectivity index (χ1) is 11.9. The van der Waals surface area contributed by atoms with Gasteiger partial charge in [0.15, 0.2) is 0 Å². The molecule has 0 bridgehead atoms. The zero-order chi connectivity index (χ0) is 18.1. The fourth-order valence-electron chi connectivity index (χ4n) is 2.70. The predicted octanol–water partition coefficient (Wildman–Crippen LogP) is 3.81. The van der Waals surface area contributed by atoms with E-state index >= 15 is 0 Å². The Bertz CT molecular complexity index is 995. The van der Waals surface area contributed by atoms with Gasteiger partial charge in [-0.05, 0) is 43.2 Å². The number of anilines is 1. The monoisotopic (exact) mass is 357 g/mol. The Balaban J connectivity index is 2.02. The Morgan fingerprint density at radius 2 is 2.08 bits per heavy atom. The number of benzene rings is 1. The quantitative estimate of drug-likeness (QED) is 0.743. The average molecular weight is 358 g/mol. The molecule has 25 heavy (non-hydrogen) atoms. The highest BCUT2D eigenvalue weighted by molar-refractivity contribution is 6.33. The molecule has 6 nitrogen and oxygen atoms in total. The summed E-state index contributed by atoms with van der Waals surface area (Å²) >= 11 is 5.86. The van der Waals surface area contributed by atoms with Crippen molar-refractivity contribution in [2.24, 2.45) is 0 Å². The molecule has 7 heteroatoms. The van der Waals surface area contributed by atoms with Crippen molar-refractivity contribution in [3.63, 3.8) is 0 Å². The molecule has 128 valence electrons. The molecule has 0 aliphatic carbocycles. The number of aromatic nitrogens is 2. The van der Waals surface area contributed by atoms with E-state index in [9.17, 15) is 9.59 Å². The summed E-state index contributed by atoms with van der Waals surface area (Å²) in [5, 5.41) is 12.0. The Kier molecular flexibility index (Phi) is 4.46. The van der Waals surface area contributed by atoms with Crippen LogP contribution in [0.4, 0.5) is 5.69 Å². The number of fused-ring (bicyclic) bond motifs is 1. The van der Waals surface area contributed by atoms with Crippen LogP contribution < -0.4 is 5.32 Å². The van der Waals surface area contributed by atoms with Gasteiger partial charge < -0.3 is 10.4 Å². The van der Waals surface area contributed by atoms with Crippen molar-refractivity contribution in [2.45, 2.75) is 20.3 Å². The Morgan fingerprint density at radius 3 is 2.76 bits per heavy atom. The van der Waals surface area contributed by atoms with Crippen LogP contribution in [0.2, 0.25) is 5.02 Å². The maximum atomic E-state index is 12.8. The molecular formula is C18H16ClN3O3. The standard InChI is InChI=1S/C18H16ClN3O3/c1-3-14-15(22-8-4-5-10(2)16(22)21-14)17(23)20-11-6-7-13(19)12(9-11)18(24)25/h4-9H,3H2,1-2H3,(H,20,23)(H,24,25). The lowest BCUT2D eigenvalue weighted by Gasteiger charge is -2.08. The third-order valence-electron chi connectivity index (χ3n) is 3.92. The van der Waals surface area contributed by atoms with Gasteiger partial charge in [-0.2, -0.15) is 0 Å². The number of rotatable bonds is 4. The summed E-state index contributed by atoms with van der Waals surface area (Å²) in [6.07, 6.45) is 2.39. The van der Waals surface area contributed by atoms with E-state index in [0.717, 1.165) is 11.2 Å².